The van der Waals surface area contributed by atoms with E-state index in [2.05, 4.69) is 10.2 Å². The van der Waals surface area contributed by atoms with E-state index >= 15 is 0 Å². The number of hydrogen-bond donors (Lipinski definition) is 2. The fourth-order valence-corrected chi connectivity index (χ4v) is 5.55. The lowest BCUT2D eigenvalue weighted by molar-refractivity contribution is -0.123. The van der Waals surface area contributed by atoms with Crippen molar-refractivity contribution in [1.82, 2.24) is 10.2 Å². The van der Waals surface area contributed by atoms with Gasteiger partial charge in [-0.3, -0.25) is 9.69 Å². The fraction of sp³-hybridized carbons (Fsp3) is 0.708. The summed E-state index contributed by atoms with van der Waals surface area (Å²) in [6, 6.07) is 9.43. The van der Waals surface area contributed by atoms with Crippen LogP contribution in [0.25, 0.3) is 0 Å². The third-order valence-corrected chi connectivity index (χ3v) is 7.19. The predicted molar refractivity (Wildman–Crippen MR) is 115 cm³/mol. The summed E-state index contributed by atoms with van der Waals surface area (Å²) in [5, 5.41) is 14.5. The number of likely N-dealkylation sites (tertiary alicyclic amines) is 1. The lowest BCUT2D eigenvalue weighted by atomic mass is 10.0. The summed E-state index contributed by atoms with van der Waals surface area (Å²) in [4.78, 5) is 15.1. The van der Waals surface area contributed by atoms with Crippen LogP contribution >= 0.6 is 0 Å². The summed E-state index contributed by atoms with van der Waals surface area (Å²) >= 11 is 0. The molecule has 3 fully saturated rings. The van der Waals surface area contributed by atoms with Gasteiger partial charge in [-0.2, -0.15) is 0 Å². The second-order valence-corrected chi connectivity index (χ2v) is 9.19. The van der Waals surface area contributed by atoms with Crippen LogP contribution in [-0.2, 0) is 9.53 Å². The van der Waals surface area contributed by atoms with E-state index in [0.29, 0.717) is 18.8 Å². The smallest absolute Gasteiger partial charge is 0.220 e. The van der Waals surface area contributed by atoms with Gasteiger partial charge in [0.05, 0.1) is 18.2 Å². The molecule has 0 spiro atoms. The van der Waals surface area contributed by atoms with Crippen LogP contribution in [0.5, 0.6) is 5.75 Å². The van der Waals surface area contributed by atoms with Crippen LogP contribution in [0.2, 0.25) is 0 Å². The number of carbonyl (C=O) groups is 1. The van der Waals surface area contributed by atoms with E-state index in [0.717, 1.165) is 44.5 Å². The molecule has 0 radical (unpaired) electrons. The Morgan fingerprint density at radius 2 is 1.83 bits per heavy atom. The molecule has 4 rings (SSSR count). The summed E-state index contributed by atoms with van der Waals surface area (Å²) in [7, 11) is 1.76. The van der Waals surface area contributed by atoms with Gasteiger partial charge in [0.15, 0.2) is 0 Å². The Morgan fingerprint density at radius 1 is 1.13 bits per heavy atom. The number of aliphatic hydroxyl groups is 1. The maximum absolute atomic E-state index is 12.8. The average molecular weight is 417 g/mol. The number of amides is 1. The van der Waals surface area contributed by atoms with Crippen LogP contribution in [0.1, 0.15) is 51.4 Å². The molecule has 1 saturated heterocycles. The van der Waals surface area contributed by atoms with Crippen LogP contribution in [0.15, 0.2) is 30.3 Å². The molecule has 4 atom stereocenters. The molecular weight excluding hydrogens is 380 g/mol. The molecule has 2 aliphatic carbocycles. The molecule has 1 heterocycles. The van der Waals surface area contributed by atoms with Gasteiger partial charge < -0.3 is 19.9 Å². The Labute approximate surface area is 179 Å². The third-order valence-electron chi connectivity index (χ3n) is 7.19. The van der Waals surface area contributed by atoms with Gasteiger partial charge in [0.25, 0.3) is 0 Å². The van der Waals surface area contributed by atoms with Crippen molar-refractivity contribution in [1.29, 1.82) is 0 Å². The van der Waals surface area contributed by atoms with Crippen LogP contribution < -0.4 is 10.1 Å². The number of para-hydroxylation sites is 1. The first kappa shape index (κ1) is 21.6. The molecule has 1 aliphatic heterocycles. The number of methoxy groups -OCH3 is 1. The third kappa shape index (κ3) is 5.16. The zero-order chi connectivity index (χ0) is 20.9. The minimum Gasteiger partial charge on any atom is -0.488 e. The van der Waals surface area contributed by atoms with E-state index in [9.17, 15) is 9.90 Å². The lowest BCUT2D eigenvalue weighted by Gasteiger charge is -2.39. The van der Waals surface area contributed by atoms with Crippen molar-refractivity contribution in [3.05, 3.63) is 30.3 Å². The standard InChI is InChI=1S/C24H36N2O4/c1-29-18-11-13-26(14-12-18)23-20(25-22(27)15-17-7-5-6-8-17)16-21(24(23)28)30-19-9-3-2-4-10-19/h2-4,9-10,17-18,20-21,23-24,28H,5-8,11-16H2,1H3,(H,25,27)/t20-,21-,23+,24+/m1/s1. The van der Waals surface area contributed by atoms with Gasteiger partial charge in [0, 0.05) is 33.0 Å². The van der Waals surface area contributed by atoms with Crippen LogP contribution in [0.4, 0.5) is 0 Å². The highest BCUT2D eigenvalue weighted by Gasteiger charge is 2.48. The Kier molecular flexibility index (Phi) is 7.28. The van der Waals surface area contributed by atoms with E-state index in [-0.39, 0.29) is 30.2 Å². The average Bonchev–Trinajstić information content (AvgIpc) is 3.37. The quantitative estimate of drug-likeness (QED) is 0.715. The first-order chi connectivity index (χ1) is 14.6. The minimum absolute atomic E-state index is 0.0956. The summed E-state index contributed by atoms with van der Waals surface area (Å²) in [6.07, 6.45) is 7.26. The Morgan fingerprint density at radius 3 is 2.50 bits per heavy atom. The molecule has 166 valence electrons. The first-order valence-electron chi connectivity index (χ1n) is 11.6. The highest BCUT2D eigenvalue weighted by molar-refractivity contribution is 5.76. The highest BCUT2D eigenvalue weighted by atomic mass is 16.5. The van der Waals surface area contributed by atoms with Gasteiger partial charge in [-0.05, 0) is 43.7 Å². The summed E-state index contributed by atoms with van der Waals surface area (Å²) in [5.74, 6) is 1.40. The number of carbonyl (C=O) groups excluding carboxylic acids is 1. The molecule has 0 bridgehead atoms. The normalized spacial score (nSPS) is 31.1. The molecular formula is C24H36N2O4. The molecule has 1 amide bonds. The zero-order valence-electron chi connectivity index (χ0n) is 18.0. The molecule has 2 N–H and O–H groups in total. The molecule has 0 aromatic heterocycles. The number of benzene rings is 1. The van der Waals surface area contributed by atoms with Gasteiger partial charge >= 0.3 is 0 Å². The van der Waals surface area contributed by atoms with E-state index in [1.807, 2.05) is 30.3 Å². The van der Waals surface area contributed by atoms with E-state index in [1.165, 1.54) is 12.8 Å². The van der Waals surface area contributed by atoms with Crippen molar-refractivity contribution in [2.24, 2.45) is 5.92 Å². The van der Waals surface area contributed by atoms with Gasteiger partial charge in [-0.25, -0.2) is 0 Å². The number of piperidine rings is 1. The lowest BCUT2D eigenvalue weighted by Crippen LogP contribution is -2.56. The molecule has 3 aliphatic rings. The van der Waals surface area contributed by atoms with Crippen LogP contribution in [0.3, 0.4) is 0 Å². The second-order valence-electron chi connectivity index (χ2n) is 9.19. The number of hydrogen-bond acceptors (Lipinski definition) is 5. The van der Waals surface area contributed by atoms with E-state index in [4.69, 9.17) is 9.47 Å². The number of nitrogens with zero attached hydrogens (tertiary/aromatic N) is 1. The topological polar surface area (TPSA) is 71.0 Å². The van der Waals surface area contributed by atoms with Gasteiger partial charge in [0.1, 0.15) is 18.0 Å². The molecule has 6 heteroatoms. The van der Waals surface area contributed by atoms with Gasteiger partial charge in [-0.1, -0.05) is 31.0 Å². The molecule has 30 heavy (non-hydrogen) atoms. The zero-order valence-corrected chi connectivity index (χ0v) is 18.0. The Balaban J connectivity index is 1.43. The largest absolute Gasteiger partial charge is 0.488 e. The number of aliphatic hydroxyl groups excluding tert-OH is 1. The highest BCUT2D eigenvalue weighted by Crippen LogP contribution is 2.32. The van der Waals surface area contributed by atoms with Crippen molar-refractivity contribution < 1.29 is 19.4 Å². The minimum atomic E-state index is -0.638. The van der Waals surface area contributed by atoms with Crippen molar-refractivity contribution in [3.63, 3.8) is 0 Å². The second kappa shape index (κ2) is 10.1. The monoisotopic (exact) mass is 416 g/mol. The van der Waals surface area contributed by atoms with Crippen molar-refractivity contribution >= 4 is 5.91 Å². The Hall–Kier alpha value is -1.63. The van der Waals surface area contributed by atoms with E-state index in [1.54, 1.807) is 7.11 Å². The summed E-state index contributed by atoms with van der Waals surface area (Å²) in [6.45, 7) is 1.74. The van der Waals surface area contributed by atoms with Gasteiger partial charge in [-0.15, -0.1) is 0 Å². The maximum atomic E-state index is 12.8. The van der Waals surface area contributed by atoms with Crippen molar-refractivity contribution in [2.45, 2.75) is 81.8 Å². The van der Waals surface area contributed by atoms with Gasteiger partial charge in [0.2, 0.25) is 5.91 Å². The van der Waals surface area contributed by atoms with E-state index < -0.39 is 6.10 Å². The SMILES string of the molecule is COC1CCN([C@@H]2[C@@H](O)[C@H](Oc3ccccc3)C[C@H]2NC(=O)CC2CCCC2)CC1. The van der Waals surface area contributed by atoms with Crippen LogP contribution in [-0.4, -0.2) is 66.5 Å². The van der Waals surface area contributed by atoms with Crippen molar-refractivity contribution in [2.75, 3.05) is 20.2 Å². The molecule has 6 nitrogen and oxygen atoms in total. The van der Waals surface area contributed by atoms with Crippen molar-refractivity contribution in [3.8, 4) is 5.75 Å². The molecule has 1 aromatic carbocycles. The fourth-order valence-electron chi connectivity index (χ4n) is 5.55. The first-order valence-corrected chi connectivity index (χ1v) is 11.6. The molecule has 0 unspecified atom stereocenters. The Bertz CT molecular complexity index is 671. The van der Waals surface area contributed by atoms with Crippen LogP contribution in [0, 0.1) is 5.92 Å². The predicted octanol–water partition coefficient (Wildman–Crippen LogP) is 2.74. The molecule has 1 aromatic rings. The number of nitrogens with one attached hydrogen (secondary N) is 1. The maximum Gasteiger partial charge on any atom is 0.220 e. The molecule has 2 saturated carbocycles. The number of rotatable bonds is 7. The number of ether oxygens (including phenoxy) is 2. The summed E-state index contributed by atoms with van der Waals surface area (Å²) in [5.41, 5.74) is 0. The summed E-state index contributed by atoms with van der Waals surface area (Å²) < 4.78 is 11.7.